The predicted molar refractivity (Wildman–Crippen MR) is 118 cm³/mol. The third-order valence-electron chi connectivity index (χ3n) is 6.06. The van der Waals surface area contributed by atoms with Crippen LogP contribution < -0.4 is 10.6 Å². The highest BCUT2D eigenvalue weighted by Crippen LogP contribution is 2.36. The van der Waals surface area contributed by atoms with E-state index in [2.05, 4.69) is 31.4 Å². The first-order valence-electron chi connectivity index (χ1n) is 11.9. The summed E-state index contributed by atoms with van der Waals surface area (Å²) in [5.41, 5.74) is 0. The Morgan fingerprint density at radius 3 is 2.14 bits per heavy atom. The Bertz CT molecular complexity index is 479. The molecule has 0 saturated carbocycles. The molecule has 0 bridgehead atoms. The summed E-state index contributed by atoms with van der Waals surface area (Å²) in [5.74, 6) is -0.926. The minimum absolute atomic E-state index is 0.281. The van der Waals surface area contributed by atoms with Gasteiger partial charge in [-0.3, -0.25) is 15.5 Å². The summed E-state index contributed by atoms with van der Waals surface area (Å²) in [6.45, 7) is 9.12. The Kier molecular flexibility index (Phi) is 10.7. The first-order valence-corrected chi connectivity index (χ1v) is 11.9. The van der Waals surface area contributed by atoms with Crippen molar-refractivity contribution in [1.82, 2.24) is 15.5 Å². The summed E-state index contributed by atoms with van der Waals surface area (Å²) in [5, 5.41) is 28.7. The highest BCUT2D eigenvalue weighted by Gasteiger charge is 2.62. The van der Waals surface area contributed by atoms with Gasteiger partial charge in [0, 0.05) is 6.54 Å². The third-order valence-corrected chi connectivity index (χ3v) is 6.06. The Hall–Kier alpha value is -0.890. The van der Waals surface area contributed by atoms with Gasteiger partial charge in [0.05, 0.1) is 6.04 Å². The van der Waals surface area contributed by atoms with Crippen LogP contribution in [0, 0.1) is 0 Å². The molecule has 7 nitrogen and oxygen atoms in total. The number of aliphatic imine (C=N–C) groups is 1. The number of aliphatic hydroxyl groups excluding tert-OH is 2. The van der Waals surface area contributed by atoms with Crippen molar-refractivity contribution < 1.29 is 14.9 Å². The number of amidine groups is 1. The molecule has 0 aromatic carbocycles. The van der Waals surface area contributed by atoms with E-state index in [1.54, 1.807) is 0 Å². The van der Waals surface area contributed by atoms with Gasteiger partial charge in [0.1, 0.15) is 18.8 Å². The van der Waals surface area contributed by atoms with Crippen LogP contribution in [0.15, 0.2) is 4.99 Å². The fourth-order valence-corrected chi connectivity index (χ4v) is 4.25. The van der Waals surface area contributed by atoms with Gasteiger partial charge in [0.2, 0.25) is 0 Å². The summed E-state index contributed by atoms with van der Waals surface area (Å²) in [4.78, 5) is 6.70. The van der Waals surface area contributed by atoms with Crippen molar-refractivity contribution in [3.8, 4) is 0 Å². The van der Waals surface area contributed by atoms with Crippen molar-refractivity contribution >= 4 is 6.02 Å². The van der Waals surface area contributed by atoms with Crippen molar-refractivity contribution in [3.63, 3.8) is 0 Å². The number of fused-ring (bicyclic) bond motifs is 1. The second-order valence-electron chi connectivity index (χ2n) is 8.44. The third kappa shape index (κ3) is 6.06. The smallest absolute Gasteiger partial charge is 0.290 e. The molecule has 2 aliphatic rings. The van der Waals surface area contributed by atoms with Gasteiger partial charge < -0.3 is 14.9 Å². The molecule has 0 aliphatic carbocycles. The fourth-order valence-electron chi connectivity index (χ4n) is 4.25. The number of ether oxygens (including phenoxy) is 1. The van der Waals surface area contributed by atoms with E-state index in [0.717, 1.165) is 51.7 Å². The average molecular weight is 413 g/mol. The maximum absolute atomic E-state index is 11.0. The lowest BCUT2D eigenvalue weighted by Crippen LogP contribution is -2.71. The van der Waals surface area contributed by atoms with Gasteiger partial charge in [-0.2, -0.15) is 0 Å². The van der Waals surface area contributed by atoms with E-state index >= 15 is 0 Å². The van der Waals surface area contributed by atoms with Crippen molar-refractivity contribution in [2.45, 2.75) is 109 Å². The van der Waals surface area contributed by atoms with Crippen LogP contribution in [0.5, 0.6) is 0 Å². The highest BCUT2D eigenvalue weighted by atomic mass is 16.5. The Labute approximate surface area is 177 Å². The molecule has 0 aromatic heterocycles. The summed E-state index contributed by atoms with van der Waals surface area (Å²) in [7, 11) is 0. The van der Waals surface area contributed by atoms with Crippen LogP contribution in [0.3, 0.4) is 0 Å². The van der Waals surface area contributed by atoms with Gasteiger partial charge in [-0.15, -0.1) is 0 Å². The van der Waals surface area contributed by atoms with Gasteiger partial charge in [0.25, 0.3) is 6.02 Å². The van der Waals surface area contributed by atoms with Crippen LogP contribution in [0.2, 0.25) is 0 Å². The number of rotatable bonds is 15. The first-order chi connectivity index (χ1) is 14.1. The zero-order valence-electron chi connectivity index (χ0n) is 18.8. The summed E-state index contributed by atoms with van der Waals surface area (Å²) >= 11 is 0. The molecule has 170 valence electrons. The van der Waals surface area contributed by atoms with Crippen LogP contribution >= 0.6 is 0 Å². The van der Waals surface area contributed by atoms with Crippen LogP contribution in [0.4, 0.5) is 0 Å². The quantitative estimate of drug-likeness (QED) is 0.244. The second-order valence-corrected chi connectivity index (χ2v) is 8.44. The number of hydrogen-bond acceptors (Lipinski definition) is 6. The fraction of sp³-hybridized carbons (Fsp3) is 0.955. The van der Waals surface area contributed by atoms with Gasteiger partial charge in [-0.1, -0.05) is 65.7 Å². The van der Waals surface area contributed by atoms with Crippen LogP contribution in [0.25, 0.3) is 0 Å². The monoisotopic (exact) mass is 412 g/mol. The molecular weight excluding hydrogens is 368 g/mol. The van der Waals surface area contributed by atoms with E-state index in [0.29, 0.717) is 12.6 Å². The van der Waals surface area contributed by atoms with Gasteiger partial charge >= 0.3 is 0 Å². The van der Waals surface area contributed by atoms with E-state index in [4.69, 9.17) is 9.73 Å². The van der Waals surface area contributed by atoms with Crippen LogP contribution in [0.1, 0.15) is 85.0 Å². The van der Waals surface area contributed by atoms with Gasteiger partial charge in [-0.05, 0) is 32.4 Å². The number of aliphatic hydroxyl groups is 2. The topological polar surface area (TPSA) is 89.3 Å². The zero-order valence-corrected chi connectivity index (χ0v) is 18.8. The summed E-state index contributed by atoms with van der Waals surface area (Å²) in [6.07, 6.45) is 9.65. The standard InChI is InChI=1S/C22H44N4O3/c1-4-7-10-11-12-13-14-23-21-26-18(17-29-21)19(27)20(28)22(26,24-15-8-5-2)25-16-9-6-3/h18-20,24-25,27-28H,4-17H2,1-3H3/t18-,19-,20+/m1/s1. The second kappa shape index (κ2) is 12.7. The molecule has 3 atom stereocenters. The van der Waals surface area contributed by atoms with Crippen molar-refractivity contribution in [3.05, 3.63) is 0 Å². The number of nitrogens with zero attached hydrogens (tertiary/aromatic N) is 2. The minimum Gasteiger partial charge on any atom is -0.463 e. The molecule has 0 spiro atoms. The molecule has 0 amide bonds. The zero-order chi connectivity index (χ0) is 21.1. The molecule has 4 N–H and O–H groups in total. The SMILES string of the molecule is CCCCCCCCN=C1OC[C@@H]2[C@@H](O)[C@H](O)C(NCCCC)(NCCCC)N12. The molecule has 7 heteroatoms. The van der Waals surface area contributed by atoms with E-state index in [9.17, 15) is 10.2 Å². The average Bonchev–Trinajstić information content (AvgIpc) is 3.23. The van der Waals surface area contributed by atoms with E-state index in [-0.39, 0.29) is 6.04 Å². The lowest BCUT2D eigenvalue weighted by molar-refractivity contribution is -0.0383. The maximum atomic E-state index is 11.0. The lowest BCUT2D eigenvalue weighted by Gasteiger charge is -2.41. The van der Waals surface area contributed by atoms with Gasteiger partial charge in [0.15, 0.2) is 5.79 Å². The lowest BCUT2D eigenvalue weighted by atomic mass is 10.1. The van der Waals surface area contributed by atoms with Crippen molar-refractivity contribution in [2.24, 2.45) is 4.99 Å². The minimum atomic E-state index is -0.940. The molecule has 2 fully saturated rings. The normalized spacial score (nSPS) is 26.9. The molecule has 2 aliphatic heterocycles. The summed E-state index contributed by atoms with van der Waals surface area (Å²) < 4.78 is 5.88. The molecule has 0 aromatic rings. The number of unbranched alkanes of at least 4 members (excludes halogenated alkanes) is 7. The van der Waals surface area contributed by atoms with Crippen LogP contribution in [-0.4, -0.2) is 71.4 Å². The Morgan fingerprint density at radius 2 is 1.52 bits per heavy atom. The van der Waals surface area contributed by atoms with E-state index < -0.39 is 18.0 Å². The molecule has 0 radical (unpaired) electrons. The van der Waals surface area contributed by atoms with Crippen LogP contribution in [-0.2, 0) is 4.74 Å². The molecule has 29 heavy (non-hydrogen) atoms. The van der Waals surface area contributed by atoms with Gasteiger partial charge in [-0.25, -0.2) is 4.99 Å². The molecule has 2 rings (SSSR count). The Morgan fingerprint density at radius 1 is 0.931 bits per heavy atom. The van der Waals surface area contributed by atoms with E-state index in [1.165, 1.54) is 32.1 Å². The predicted octanol–water partition coefficient (Wildman–Crippen LogP) is 2.57. The maximum Gasteiger partial charge on any atom is 0.290 e. The van der Waals surface area contributed by atoms with E-state index in [1.807, 2.05) is 4.90 Å². The van der Waals surface area contributed by atoms with Crippen molar-refractivity contribution in [1.29, 1.82) is 0 Å². The highest BCUT2D eigenvalue weighted by molar-refractivity contribution is 5.78. The molecular formula is C22H44N4O3. The number of nitrogens with one attached hydrogen (secondary N) is 2. The molecule has 0 unspecified atom stereocenters. The largest absolute Gasteiger partial charge is 0.463 e. The first kappa shape index (κ1) is 24.4. The molecule has 2 saturated heterocycles. The molecule has 2 heterocycles. The Balaban J connectivity index is 2.07. The number of hydrogen-bond donors (Lipinski definition) is 4. The van der Waals surface area contributed by atoms with Crippen molar-refractivity contribution in [2.75, 3.05) is 26.2 Å². The summed E-state index contributed by atoms with van der Waals surface area (Å²) in [6, 6.07) is 0.267.